The van der Waals surface area contributed by atoms with Crippen LogP contribution in [0.15, 0.2) is 27.6 Å². The molecule has 0 bridgehead atoms. The molecule has 0 aliphatic carbocycles. The molecule has 1 aromatic heterocycles. The van der Waals surface area contributed by atoms with Crippen LogP contribution < -0.4 is 0 Å². The van der Waals surface area contributed by atoms with E-state index in [0.717, 1.165) is 0 Å². The highest BCUT2D eigenvalue weighted by molar-refractivity contribution is 7.89. The van der Waals surface area contributed by atoms with E-state index in [1.54, 1.807) is 6.07 Å². The van der Waals surface area contributed by atoms with Gasteiger partial charge in [-0.15, -0.1) is 0 Å². The van der Waals surface area contributed by atoms with Crippen LogP contribution in [0.4, 0.5) is 0 Å². The first-order valence-corrected chi connectivity index (χ1v) is 10.1. The molecule has 0 atom stereocenters. The molecule has 1 saturated heterocycles. The molecule has 0 saturated carbocycles. The van der Waals surface area contributed by atoms with Gasteiger partial charge in [0.15, 0.2) is 5.82 Å². The number of sulfonamides is 1. The minimum absolute atomic E-state index is 0.0301. The zero-order valence-electron chi connectivity index (χ0n) is 13.7. The summed E-state index contributed by atoms with van der Waals surface area (Å²) in [6, 6.07) is 4.67. The fourth-order valence-corrected chi connectivity index (χ4v) is 5.20. The lowest BCUT2D eigenvalue weighted by Crippen LogP contribution is -2.48. The van der Waals surface area contributed by atoms with E-state index in [-0.39, 0.29) is 14.9 Å². The second-order valence-electron chi connectivity index (χ2n) is 5.69. The van der Waals surface area contributed by atoms with Crippen LogP contribution in [-0.2, 0) is 23.0 Å². The summed E-state index contributed by atoms with van der Waals surface area (Å²) in [7, 11) is -3.73. The Morgan fingerprint density at radius 1 is 1.16 bits per heavy atom. The lowest BCUT2D eigenvalue weighted by atomic mass is 10.3. The predicted octanol–water partition coefficient (Wildman–Crippen LogP) is 2.45. The van der Waals surface area contributed by atoms with Gasteiger partial charge in [-0.2, -0.15) is 9.29 Å². The van der Waals surface area contributed by atoms with Crippen molar-refractivity contribution in [1.82, 2.24) is 19.3 Å². The van der Waals surface area contributed by atoms with Crippen LogP contribution in [0.3, 0.4) is 0 Å². The van der Waals surface area contributed by atoms with E-state index in [1.165, 1.54) is 16.4 Å². The van der Waals surface area contributed by atoms with Crippen LogP contribution in [-0.4, -0.2) is 53.9 Å². The van der Waals surface area contributed by atoms with E-state index >= 15 is 0 Å². The molecule has 3 rings (SSSR count). The Balaban J connectivity index is 1.67. The van der Waals surface area contributed by atoms with E-state index < -0.39 is 10.0 Å². The molecule has 0 N–H and O–H groups in total. The van der Waals surface area contributed by atoms with Gasteiger partial charge in [0.2, 0.25) is 15.9 Å². The van der Waals surface area contributed by atoms with Gasteiger partial charge in [-0.3, -0.25) is 4.90 Å². The lowest BCUT2D eigenvalue weighted by Gasteiger charge is -2.33. The van der Waals surface area contributed by atoms with E-state index in [9.17, 15) is 8.42 Å². The number of halogens is 2. The van der Waals surface area contributed by atoms with Crippen LogP contribution in [0.1, 0.15) is 18.6 Å². The van der Waals surface area contributed by atoms with Crippen molar-refractivity contribution in [2.45, 2.75) is 24.8 Å². The standard InChI is InChI=1S/C15H18Cl2N4O3S/c1-2-14-18-13(19-24-14)10-20-6-8-21(9-7-20)25(22,23)15-11(16)4-3-5-12(15)17/h3-5H,2,6-10H2,1H3. The van der Waals surface area contributed by atoms with Crippen molar-refractivity contribution in [2.75, 3.05) is 26.2 Å². The number of aromatic nitrogens is 2. The quantitative estimate of drug-likeness (QED) is 0.761. The Bertz CT molecular complexity index is 828. The second-order valence-corrected chi connectivity index (χ2v) is 8.38. The Labute approximate surface area is 156 Å². The molecular formula is C15H18Cl2N4O3S. The van der Waals surface area contributed by atoms with Crippen LogP contribution in [0.25, 0.3) is 0 Å². The fraction of sp³-hybridized carbons (Fsp3) is 0.467. The number of piperazine rings is 1. The van der Waals surface area contributed by atoms with Gasteiger partial charge in [0.25, 0.3) is 0 Å². The molecule has 1 aliphatic rings. The average Bonchev–Trinajstić information content (AvgIpc) is 3.02. The summed E-state index contributed by atoms with van der Waals surface area (Å²) in [6.45, 7) is 4.31. The van der Waals surface area contributed by atoms with E-state index in [2.05, 4.69) is 15.0 Å². The summed E-state index contributed by atoms with van der Waals surface area (Å²) >= 11 is 12.1. The van der Waals surface area contributed by atoms with E-state index in [0.29, 0.717) is 50.9 Å². The van der Waals surface area contributed by atoms with Crippen LogP contribution >= 0.6 is 23.2 Å². The molecule has 10 heteroatoms. The number of nitrogens with zero attached hydrogens (tertiary/aromatic N) is 4. The van der Waals surface area contributed by atoms with Crippen molar-refractivity contribution < 1.29 is 12.9 Å². The van der Waals surface area contributed by atoms with Crippen molar-refractivity contribution in [2.24, 2.45) is 0 Å². The molecule has 0 radical (unpaired) electrons. The summed E-state index contributed by atoms with van der Waals surface area (Å²) < 4.78 is 32.2. The Hall–Kier alpha value is -1.19. The molecule has 1 fully saturated rings. The van der Waals surface area contributed by atoms with Gasteiger partial charge in [0, 0.05) is 32.6 Å². The highest BCUT2D eigenvalue weighted by atomic mass is 35.5. The minimum atomic E-state index is -3.73. The lowest BCUT2D eigenvalue weighted by molar-refractivity contribution is 0.176. The first-order chi connectivity index (χ1) is 11.9. The molecule has 0 unspecified atom stereocenters. The van der Waals surface area contributed by atoms with Gasteiger partial charge in [0.05, 0.1) is 16.6 Å². The van der Waals surface area contributed by atoms with Gasteiger partial charge in [-0.1, -0.05) is 41.3 Å². The van der Waals surface area contributed by atoms with Crippen LogP contribution in [0.2, 0.25) is 10.0 Å². The van der Waals surface area contributed by atoms with E-state index in [4.69, 9.17) is 27.7 Å². The van der Waals surface area contributed by atoms with Gasteiger partial charge >= 0.3 is 0 Å². The summed E-state index contributed by atoms with van der Waals surface area (Å²) in [6.07, 6.45) is 0.692. The summed E-state index contributed by atoms with van der Waals surface area (Å²) in [5, 5.41) is 4.19. The maximum absolute atomic E-state index is 12.8. The number of hydrogen-bond donors (Lipinski definition) is 0. The third kappa shape index (κ3) is 3.98. The number of benzene rings is 1. The zero-order valence-corrected chi connectivity index (χ0v) is 16.0. The van der Waals surface area contributed by atoms with Gasteiger partial charge in [-0.25, -0.2) is 8.42 Å². The predicted molar refractivity (Wildman–Crippen MR) is 94.2 cm³/mol. The molecule has 7 nitrogen and oxygen atoms in total. The summed E-state index contributed by atoms with van der Waals surface area (Å²) in [5.74, 6) is 1.21. The Morgan fingerprint density at radius 3 is 2.36 bits per heavy atom. The smallest absolute Gasteiger partial charge is 0.246 e. The maximum atomic E-state index is 12.8. The molecule has 25 heavy (non-hydrogen) atoms. The van der Waals surface area contributed by atoms with E-state index in [1.807, 2.05) is 6.92 Å². The summed E-state index contributed by atoms with van der Waals surface area (Å²) in [4.78, 5) is 6.33. The molecule has 2 heterocycles. The Morgan fingerprint density at radius 2 is 1.80 bits per heavy atom. The summed E-state index contributed by atoms with van der Waals surface area (Å²) in [5.41, 5.74) is 0. The molecule has 1 aromatic carbocycles. The minimum Gasteiger partial charge on any atom is -0.339 e. The first kappa shape index (κ1) is 18.6. The first-order valence-electron chi connectivity index (χ1n) is 7.89. The van der Waals surface area contributed by atoms with Gasteiger partial charge in [-0.05, 0) is 12.1 Å². The third-order valence-electron chi connectivity index (χ3n) is 4.03. The van der Waals surface area contributed by atoms with Crippen LogP contribution in [0, 0.1) is 0 Å². The largest absolute Gasteiger partial charge is 0.339 e. The fourth-order valence-electron chi connectivity index (χ4n) is 2.68. The van der Waals surface area contributed by atoms with Crippen molar-refractivity contribution in [3.63, 3.8) is 0 Å². The molecule has 136 valence electrons. The third-order valence-corrected chi connectivity index (χ3v) is 6.88. The van der Waals surface area contributed by atoms with Crippen LogP contribution in [0.5, 0.6) is 0 Å². The van der Waals surface area contributed by atoms with Crippen molar-refractivity contribution in [1.29, 1.82) is 0 Å². The molecule has 2 aromatic rings. The topological polar surface area (TPSA) is 79.5 Å². The SMILES string of the molecule is CCc1nc(CN2CCN(S(=O)(=O)c3c(Cl)cccc3Cl)CC2)no1. The average molecular weight is 405 g/mol. The molecule has 0 spiro atoms. The van der Waals surface area contributed by atoms with Crippen molar-refractivity contribution >= 4 is 33.2 Å². The highest BCUT2D eigenvalue weighted by Gasteiger charge is 2.32. The highest BCUT2D eigenvalue weighted by Crippen LogP contribution is 2.31. The maximum Gasteiger partial charge on any atom is 0.246 e. The van der Waals surface area contributed by atoms with Crippen molar-refractivity contribution in [3.05, 3.63) is 40.0 Å². The van der Waals surface area contributed by atoms with Crippen molar-refractivity contribution in [3.8, 4) is 0 Å². The molecular weight excluding hydrogens is 387 g/mol. The Kier molecular flexibility index (Phi) is 5.65. The monoisotopic (exact) mass is 404 g/mol. The second kappa shape index (κ2) is 7.59. The number of aryl methyl sites for hydroxylation is 1. The zero-order chi connectivity index (χ0) is 18.0. The van der Waals surface area contributed by atoms with Gasteiger partial charge < -0.3 is 4.52 Å². The number of rotatable bonds is 5. The number of hydrogen-bond acceptors (Lipinski definition) is 6. The van der Waals surface area contributed by atoms with Gasteiger partial charge in [0.1, 0.15) is 4.90 Å². The normalized spacial score (nSPS) is 17.1. The molecule has 0 amide bonds. The molecule has 1 aliphatic heterocycles.